The average Bonchev–Trinajstić information content (AvgIpc) is 4.06. The Morgan fingerprint density at radius 2 is 1.69 bits per heavy atom. The van der Waals surface area contributed by atoms with Gasteiger partial charge in [0.05, 0.1) is 46.8 Å². The van der Waals surface area contributed by atoms with Crippen LogP contribution in [0.25, 0.3) is 11.0 Å². The van der Waals surface area contributed by atoms with E-state index in [4.69, 9.17) is 14.2 Å². The minimum absolute atomic E-state index is 0.0137. The number of pyridine rings is 1. The van der Waals surface area contributed by atoms with Gasteiger partial charge in [-0.2, -0.15) is 0 Å². The van der Waals surface area contributed by atoms with E-state index in [1.165, 1.54) is 58.9 Å². The molecule has 5 aliphatic rings. The molecule has 19 heteroatoms. The van der Waals surface area contributed by atoms with Crippen LogP contribution in [0.3, 0.4) is 0 Å². The highest BCUT2D eigenvalue weighted by Crippen LogP contribution is 2.54. The molecule has 2 aliphatic heterocycles. The monoisotopic (exact) mass is 1080 g/mol. The SMILES string of the molecule is COc1cc(CN2CCN(C3CC4(C3)CN(c3ccc(C(=O)NS(=O)(=O)c5ccc(NC[C@H]6CC[C@](C)(O)CC6)c([N+](=O)[O-])c5)c(Oc5cnc6[nH]cc(F)c6c5)c3)C4)[C@H](c3ccccc3C(C)C)C2)cc(OC)c1C1CC1. The first kappa shape index (κ1) is 53.2. The zero-order chi connectivity index (χ0) is 54.7. The molecule has 3 saturated carbocycles. The van der Waals surface area contributed by atoms with Crippen molar-refractivity contribution in [2.75, 3.05) is 63.7 Å². The number of nitrogens with one attached hydrogen (secondary N) is 3. The van der Waals surface area contributed by atoms with Crippen molar-refractivity contribution in [3.05, 3.63) is 135 Å². The fourth-order valence-electron chi connectivity index (χ4n) is 12.6. The second-order valence-corrected chi connectivity index (χ2v) is 24.7. The van der Waals surface area contributed by atoms with Gasteiger partial charge >= 0.3 is 0 Å². The van der Waals surface area contributed by atoms with E-state index in [-0.39, 0.29) is 45.5 Å². The van der Waals surface area contributed by atoms with Gasteiger partial charge in [0.2, 0.25) is 0 Å². The van der Waals surface area contributed by atoms with Crippen LogP contribution in [0, 0.1) is 27.3 Å². The molecule has 3 aliphatic carbocycles. The molecule has 1 atom stereocenters. The molecule has 78 heavy (non-hydrogen) atoms. The molecule has 0 unspecified atom stereocenters. The zero-order valence-electron chi connectivity index (χ0n) is 44.9. The van der Waals surface area contributed by atoms with Gasteiger partial charge in [0.15, 0.2) is 0 Å². The molecule has 4 N–H and O–H groups in total. The lowest BCUT2D eigenvalue weighted by molar-refractivity contribution is -0.384. The average molecular weight is 1090 g/mol. The van der Waals surface area contributed by atoms with Crippen LogP contribution >= 0.6 is 0 Å². The number of methoxy groups -OCH3 is 2. The number of piperazine rings is 1. The van der Waals surface area contributed by atoms with Crippen molar-refractivity contribution in [1.82, 2.24) is 24.5 Å². The van der Waals surface area contributed by atoms with Crippen molar-refractivity contribution < 1.29 is 41.8 Å². The minimum atomic E-state index is -4.65. The van der Waals surface area contributed by atoms with Crippen molar-refractivity contribution in [1.29, 1.82) is 0 Å². The number of carbonyl (C=O) groups is 1. The van der Waals surface area contributed by atoms with Gasteiger partial charge in [-0.05, 0) is 135 Å². The summed E-state index contributed by atoms with van der Waals surface area (Å²) in [5, 5.41) is 25.9. The molecule has 5 fully saturated rings. The standard InChI is InChI=1S/C59H69FN8O9S/c1-36(2)44-8-6-7-9-45(44)51-33-65(32-38-22-53(75-4)55(39-10-11-39)54(23-38)76-5)20-21-67(51)41-27-59(28-41)34-66(35-59)40-12-14-46(52(24-40)77-42-25-47-48(60)31-63-56(47)62-30-42)57(69)64-78(73,74)43-13-15-49(50(26-43)68(71)72)61-29-37-16-18-58(3,70)19-17-37/h6-9,12-15,22-26,30-31,36-37,39,41,51,61,70H,10-11,16-21,27-29,32-35H2,1-5H3,(H,62,63)(H,64,69)/t37-,51-,58-/m0/s1. The molecule has 1 spiro atoms. The number of H-pyrrole nitrogens is 1. The number of ether oxygens (including phenoxy) is 3. The predicted molar refractivity (Wildman–Crippen MR) is 296 cm³/mol. The van der Waals surface area contributed by atoms with Gasteiger partial charge in [-0.1, -0.05) is 38.1 Å². The quantitative estimate of drug-likeness (QED) is 0.0467. The summed E-state index contributed by atoms with van der Waals surface area (Å²) in [5.41, 5.74) is 5.06. The second kappa shape index (κ2) is 21.1. The van der Waals surface area contributed by atoms with Crippen LogP contribution in [-0.4, -0.2) is 109 Å². The number of aliphatic hydroxyl groups is 1. The number of anilines is 2. The Kier molecular flexibility index (Phi) is 14.4. The third-order valence-corrected chi connectivity index (χ3v) is 18.4. The van der Waals surface area contributed by atoms with Gasteiger partial charge in [0.1, 0.15) is 40.1 Å². The molecule has 4 aromatic carbocycles. The largest absolute Gasteiger partial charge is 0.496 e. The summed E-state index contributed by atoms with van der Waals surface area (Å²) in [7, 11) is -1.16. The molecule has 2 saturated heterocycles. The Labute approximate surface area is 454 Å². The Bertz CT molecular complexity index is 3330. The van der Waals surface area contributed by atoms with Crippen molar-refractivity contribution >= 4 is 44.0 Å². The summed E-state index contributed by atoms with van der Waals surface area (Å²) in [6.45, 7) is 11.8. The highest BCUT2D eigenvalue weighted by molar-refractivity contribution is 7.90. The summed E-state index contributed by atoms with van der Waals surface area (Å²) in [6.07, 6.45) is 9.65. The number of nitro groups is 1. The van der Waals surface area contributed by atoms with Gasteiger partial charge in [-0.25, -0.2) is 22.5 Å². The number of nitrogens with zero attached hydrogens (tertiary/aromatic N) is 5. The van der Waals surface area contributed by atoms with Crippen molar-refractivity contribution in [2.24, 2.45) is 11.3 Å². The van der Waals surface area contributed by atoms with Crippen LogP contribution in [-0.2, 0) is 16.6 Å². The van der Waals surface area contributed by atoms with E-state index in [0.29, 0.717) is 42.9 Å². The van der Waals surface area contributed by atoms with Gasteiger partial charge in [0.25, 0.3) is 21.6 Å². The summed E-state index contributed by atoms with van der Waals surface area (Å²) in [6, 6.07) is 23.7. The second-order valence-electron chi connectivity index (χ2n) is 23.1. The first-order valence-electron chi connectivity index (χ1n) is 27.2. The molecule has 412 valence electrons. The van der Waals surface area contributed by atoms with E-state index in [9.17, 15) is 32.8 Å². The maximum Gasteiger partial charge on any atom is 0.293 e. The molecule has 0 radical (unpaired) electrons. The highest BCUT2D eigenvalue weighted by Gasteiger charge is 2.55. The number of carbonyl (C=O) groups excluding carboxylic acids is 1. The summed E-state index contributed by atoms with van der Waals surface area (Å²) < 4.78 is 62.7. The molecule has 0 bridgehead atoms. The maximum absolute atomic E-state index is 14.8. The van der Waals surface area contributed by atoms with Crippen LogP contribution < -0.4 is 29.1 Å². The molecule has 1 amide bonds. The fourth-order valence-corrected chi connectivity index (χ4v) is 13.6. The van der Waals surface area contributed by atoms with E-state index in [1.54, 1.807) is 33.3 Å². The molecule has 11 rings (SSSR count). The van der Waals surface area contributed by atoms with E-state index in [2.05, 4.69) is 85.0 Å². The lowest BCUT2D eigenvalue weighted by Gasteiger charge is -2.63. The van der Waals surface area contributed by atoms with Crippen molar-refractivity contribution in [2.45, 2.75) is 113 Å². The first-order chi connectivity index (χ1) is 37.4. The normalized spacial score (nSPS) is 21.8. The summed E-state index contributed by atoms with van der Waals surface area (Å²) in [4.78, 5) is 39.8. The number of aromatic amines is 1. The molecule has 2 aromatic heterocycles. The number of benzene rings is 4. The predicted octanol–water partition coefficient (Wildman–Crippen LogP) is 10.4. The lowest BCUT2D eigenvalue weighted by Crippen LogP contribution is -2.68. The number of nitro benzene ring substituents is 1. The number of amides is 1. The maximum atomic E-state index is 14.8. The number of hydrogen-bond donors (Lipinski definition) is 4. The van der Waals surface area contributed by atoms with Crippen LogP contribution in [0.4, 0.5) is 21.5 Å². The smallest absolute Gasteiger partial charge is 0.293 e. The van der Waals surface area contributed by atoms with Crippen LogP contribution in [0.1, 0.15) is 123 Å². The Morgan fingerprint density at radius 3 is 2.38 bits per heavy atom. The third-order valence-electron chi connectivity index (χ3n) is 17.1. The number of halogens is 1. The molecule has 4 heterocycles. The topological polar surface area (TPSA) is 205 Å². The lowest BCUT2D eigenvalue weighted by atomic mass is 9.59. The van der Waals surface area contributed by atoms with E-state index < -0.39 is 42.9 Å². The van der Waals surface area contributed by atoms with Crippen LogP contribution in [0.5, 0.6) is 23.0 Å². The van der Waals surface area contributed by atoms with Crippen molar-refractivity contribution in [3.63, 3.8) is 0 Å². The molecular weight excluding hydrogens is 1020 g/mol. The number of rotatable bonds is 18. The molecular formula is C59H69FN8O9S. The fraction of sp³-hybridized carbons (Fsp3) is 0.458. The first-order valence-corrected chi connectivity index (χ1v) is 28.7. The molecule has 6 aromatic rings. The number of fused-ring (bicyclic) bond motifs is 1. The zero-order valence-corrected chi connectivity index (χ0v) is 45.7. The Morgan fingerprint density at radius 1 is 0.962 bits per heavy atom. The van der Waals surface area contributed by atoms with Crippen LogP contribution in [0.15, 0.2) is 96.2 Å². The molecule has 17 nitrogen and oxygen atoms in total. The van der Waals surface area contributed by atoms with E-state index in [1.807, 2.05) is 0 Å². The number of sulfonamides is 1. The number of hydrogen-bond acceptors (Lipinski definition) is 14. The van der Waals surface area contributed by atoms with E-state index in [0.717, 1.165) is 101 Å². The third kappa shape index (κ3) is 10.9. The Balaban J connectivity index is 0.795. The van der Waals surface area contributed by atoms with Gasteiger partial charge < -0.3 is 34.5 Å². The van der Waals surface area contributed by atoms with Crippen molar-refractivity contribution in [3.8, 4) is 23.0 Å². The minimum Gasteiger partial charge on any atom is -0.496 e. The van der Waals surface area contributed by atoms with Gasteiger partial charge in [0, 0.05) is 92.9 Å². The van der Waals surface area contributed by atoms with E-state index >= 15 is 0 Å². The van der Waals surface area contributed by atoms with Crippen LogP contribution in [0.2, 0.25) is 0 Å². The number of aromatic nitrogens is 2. The van der Waals surface area contributed by atoms with Gasteiger partial charge in [-0.3, -0.25) is 24.7 Å². The highest BCUT2D eigenvalue weighted by atomic mass is 32.2. The summed E-state index contributed by atoms with van der Waals surface area (Å²) >= 11 is 0. The Hall–Kier alpha value is -6.80. The summed E-state index contributed by atoms with van der Waals surface area (Å²) in [5.74, 6) is 1.41. The van der Waals surface area contributed by atoms with Gasteiger partial charge in [-0.15, -0.1) is 0 Å².